The number of hydrogen-bond donors (Lipinski definition) is 3. The van der Waals surface area contributed by atoms with Crippen molar-refractivity contribution in [2.45, 2.75) is 46.1 Å². The molecule has 1 aromatic rings. The molecule has 1 amide bonds. The van der Waals surface area contributed by atoms with Crippen LogP contribution in [0.2, 0.25) is 0 Å². The van der Waals surface area contributed by atoms with E-state index in [1.807, 2.05) is 0 Å². The first-order chi connectivity index (χ1) is 17.7. The number of terminal acetylenes is 1. The van der Waals surface area contributed by atoms with Crippen LogP contribution in [-0.2, 0) is 30.3 Å². The van der Waals surface area contributed by atoms with Gasteiger partial charge in [0.1, 0.15) is 17.5 Å². The minimum absolute atomic E-state index is 0.00475. The van der Waals surface area contributed by atoms with E-state index in [1.54, 1.807) is 13.8 Å². The van der Waals surface area contributed by atoms with Crippen LogP contribution in [0, 0.1) is 47.3 Å². The van der Waals surface area contributed by atoms with Crippen LogP contribution in [0.1, 0.15) is 50.0 Å². The third kappa shape index (κ3) is 3.60. The maximum atomic E-state index is 14.0. The summed E-state index contributed by atoms with van der Waals surface area (Å²) in [6.07, 6.45) is 4.23. The number of fused-ring (bicyclic) bond motifs is 3. The van der Waals surface area contributed by atoms with Crippen molar-refractivity contribution in [1.29, 1.82) is 0 Å². The fourth-order valence-electron chi connectivity index (χ4n) is 6.96. The molecule has 3 unspecified atom stereocenters. The number of Topliss-reactive ketones (excluding diaryl/α,β-unsaturated/α-hetero) is 5. The first-order valence-electron chi connectivity index (χ1n) is 12.3. The van der Waals surface area contributed by atoms with Gasteiger partial charge in [0.15, 0.2) is 35.3 Å². The van der Waals surface area contributed by atoms with Gasteiger partial charge in [0.05, 0.1) is 17.2 Å². The summed E-state index contributed by atoms with van der Waals surface area (Å²) in [6.45, 7) is 5.69. The molecule has 3 aliphatic rings. The largest absolute Gasteiger partial charge is 0.505 e. The first-order valence-corrected chi connectivity index (χ1v) is 12.3. The van der Waals surface area contributed by atoms with Gasteiger partial charge in [-0.3, -0.25) is 29.3 Å². The van der Waals surface area contributed by atoms with Crippen LogP contribution in [0.5, 0.6) is 5.75 Å². The smallest absolute Gasteiger partial charge is 0.412 e. The van der Waals surface area contributed by atoms with Gasteiger partial charge in [0.2, 0.25) is 0 Å². The summed E-state index contributed by atoms with van der Waals surface area (Å²) in [5, 5.41) is 25.0. The van der Waals surface area contributed by atoms with Crippen molar-refractivity contribution in [2.24, 2.45) is 35.0 Å². The van der Waals surface area contributed by atoms with Crippen molar-refractivity contribution in [3.63, 3.8) is 0 Å². The molecule has 0 saturated heterocycles. The van der Waals surface area contributed by atoms with Gasteiger partial charge in [0, 0.05) is 11.3 Å². The highest BCUT2D eigenvalue weighted by molar-refractivity contribution is 6.32. The molecule has 3 aliphatic carbocycles. The number of ketones is 5. The lowest BCUT2D eigenvalue weighted by Crippen LogP contribution is -2.75. The number of rotatable bonds is 4. The standard InChI is InChI=1S/C28H29NO9/c1-6-9-38-26(36)29-16-8-7-14-10-15-11-27(5)20(12(2)3)23(33)17(13(4)30)24(34)28(27,37)25(35)19(15)22(32)18(14)21(16)31/h1,7-8,12,15,17,19-20,31,37H,9-11H2,2-5H3,(H,29,36)/t15-,17?,19?,20?,27-,28+/m1/s1. The van der Waals surface area contributed by atoms with E-state index in [0.29, 0.717) is 5.56 Å². The molecule has 0 spiro atoms. The molecule has 2 fully saturated rings. The molecular weight excluding hydrogens is 494 g/mol. The number of aliphatic hydroxyl groups is 1. The molecule has 1 aromatic carbocycles. The summed E-state index contributed by atoms with van der Waals surface area (Å²) in [7, 11) is 0. The summed E-state index contributed by atoms with van der Waals surface area (Å²) in [5.74, 6) is -8.31. The predicted octanol–water partition coefficient (Wildman–Crippen LogP) is 1.88. The van der Waals surface area contributed by atoms with Crippen LogP contribution in [0.15, 0.2) is 12.1 Å². The van der Waals surface area contributed by atoms with Gasteiger partial charge in [-0.05, 0) is 43.2 Å². The second kappa shape index (κ2) is 9.17. The Balaban J connectivity index is 1.81. The number of benzene rings is 1. The highest BCUT2D eigenvalue weighted by Gasteiger charge is 2.74. The third-order valence-electron chi connectivity index (χ3n) is 8.39. The van der Waals surface area contributed by atoms with Gasteiger partial charge < -0.3 is 14.9 Å². The molecular formula is C28H29NO9. The molecule has 0 bridgehead atoms. The zero-order valence-corrected chi connectivity index (χ0v) is 21.5. The molecule has 38 heavy (non-hydrogen) atoms. The molecule has 4 rings (SSSR count). The van der Waals surface area contributed by atoms with Gasteiger partial charge in [-0.15, -0.1) is 6.42 Å². The van der Waals surface area contributed by atoms with Gasteiger partial charge in [0.25, 0.3) is 0 Å². The number of amides is 1. The van der Waals surface area contributed by atoms with Gasteiger partial charge in [-0.25, -0.2) is 4.79 Å². The SMILES string of the molecule is C#CCOC(=O)Nc1ccc2c(c1O)C(=O)C1C(=O)[C@@]3(O)C(=O)C(C(C)=O)C(=O)C(C(C)C)[C@@]3(C)C[C@H]1C2. The Morgan fingerprint density at radius 3 is 2.45 bits per heavy atom. The lowest BCUT2D eigenvalue weighted by atomic mass is 9.43. The number of ether oxygens (including phenoxy) is 1. The molecule has 0 aromatic heterocycles. The average Bonchev–Trinajstić information content (AvgIpc) is 2.81. The summed E-state index contributed by atoms with van der Waals surface area (Å²) >= 11 is 0. The normalized spacial score (nSPS) is 32.1. The molecule has 200 valence electrons. The Morgan fingerprint density at radius 2 is 1.87 bits per heavy atom. The monoisotopic (exact) mass is 523 g/mol. The molecule has 0 aliphatic heterocycles. The average molecular weight is 524 g/mol. The Kier molecular flexibility index (Phi) is 6.56. The number of carbonyl (C=O) groups is 6. The van der Waals surface area contributed by atoms with E-state index in [-0.39, 0.29) is 30.7 Å². The summed E-state index contributed by atoms with van der Waals surface area (Å²) < 4.78 is 4.72. The highest BCUT2D eigenvalue weighted by Crippen LogP contribution is 2.60. The Bertz CT molecular complexity index is 1340. The van der Waals surface area contributed by atoms with Crippen molar-refractivity contribution >= 4 is 40.7 Å². The lowest BCUT2D eigenvalue weighted by Gasteiger charge is -2.58. The maximum absolute atomic E-state index is 14.0. The zero-order chi connectivity index (χ0) is 28.3. The topological polar surface area (TPSA) is 164 Å². The van der Waals surface area contributed by atoms with E-state index in [0.717, 1.165) is 6.92 Å². The zero-order valence-electron chi connectivity index (χ0n) is 21.5. The van der Waals surface area contributed by atoms with E-state index < -0.39 is 81.4 Å². The lowest BCUT2D eigenvalue weighted by molar-refractivity contribution is -0.199. The quantitative estimate of drug-likeness (QED) is 0.304. The molecule has 3 N–H and O–H groups in total. The van der Waals surface area contributed by atoms with Gasteiger partial charge >= 0.3 is 6.09 Å². The fraction of sp³-hybridized carbons (Fsp3) is 0.500. The van der Waals surface area contributed by atoms with Gasteiger partial charge in [-0.2, -0.15) is 0 Å². The van der Waals surface area contributed by atoms with E-state index in [9.17, 15) is 39.0 Å². The molecule has 0 radical (unpaired) electrons. The van der Waals surface area contributed by atoms with E-state index in [1.165, 1.54) is 19.1 Å². The minimum atomic E-state index is -2.75. The highest BCUT2D eigenvalue weighted by atomic mass is 16.5. The van der Waals surface area contributed by atoms with Crippen LogP contribution < -0.4 is 5.32 Å². The number of anilines is 1. The van der Waals surface area contributed by atoms with Crippen LogP contribution in [-0.4, -0.2) is 57.4 Å². The van der Waals surface area contributed by atoms with Crippen molar-refractivity contribution in [3.05, 3.63) is 23.3 Å². The minimum Gasteiger partial charge on any atom is -0.505 e. The maximum Gasteiger partial charge on any atom is 0.412 e. The van der Waals surface area contributed by atoms with Crippen molar-refractivity contribution in [3.8, 4) is 18.1 Å². The van der Waals surface area contributed by atoms with Crippen LogP contribution in [0.4, 0.5) is 10.5 Å². The van der Waals surface area contributed by atoms with E-state index >= 15 is 0 Å². The summed E-state index contributed by atoms with van der Waals surface area (Å²) in [6, 6.07) is 2.90. The summed E-state index contributed by atoms with van der Waals surface area (Å²) in [5.41, 5.74) is -4.24. The Morgan fingerprint density at radius 1 is 1.21 bits per heavy atom. The fourth-order valence-corrected chi connectivity index (χ4v) is 6.96. The number of aromatic hydroxyl groups is 1. The number of hydrogen-bond acceptors (Lipinski definition) is 9. The van der Waals surface area contributed by atoms with Crippen LogP contribution in [0.3, 0.4) is 0 Å². The molecule has 10 nitrogen and oxygen atoms in total. The van der Waals surface area contributed by atoms with Crippen LogP contribution in [0.25, 0.3) is 0 Å². The molecule has 10 heteroatoms. The first kappa shape index (κ1) is 27.2. The Hall–Kier alpha value is -3.84. The molecule has 2 saturated carbocycles. The molecule has 6 atom stereocenters. The predicted molar refractivity (Wildman–Crippen MR) is 132 cm³/mol. The Labute approximate surface area is 219 Å². The second-order valence-corrected chi connectivity index (χ2v) is 10.9. The van der Waals surface area contributed by atoms with Crippen LogP contribution >= 0.6 is 0 Å². The third-order valence-corrected chi connectivity index (χ3v) is 8.39. The van der Waals surface area contributed by atoms with E-state index in [4.69, 9.17) is 11.2 Å². The number of phenolic OH excluding ortho intramolecular Hbond substituents is 1. The number of carbonyl (C=O) groups excluding carboxylic acids is 6. The van der Waals surface area contributed by atoms with Crippen molar-refractivity contribution in [2.75, 3.05) is 11.9 Å². The van der Waals surface area contributed by atoms with Gasteiger partial charge in [-0.1, -0.05) is 32.8 Å². The van der Waals surface area contributed by atoms with Crippen molar-refractivity contribution in [1.82, 2.24) is 0 Å². The number of nitrogens with one attached hydrogen (secondary N) is 1. The molecule has 0 heterocycles. The second-order valence-electron chi connectivity index (χ2n) is 10.9. The van der Waals surface area contributed by atoms with Crippen molar-refractivity contribution < 1.29 is 43.7 Å². The van der Waals surface area contributed by atoms with E-state index in [2.05, 4.69) is 11.2 Å². The summed E-state index contributed by atoms with van der Waals surface area (Å²) in [4.78, 5) is 78.8. The number of phenols is 1.